The molecule has 0 aliphatic heterocycles. The van der Waals surface area contributed by atoms with E-state index in [1.165, 1.54) is 11.8 Å². The Kier molecular flexibility index (Phi) is 4.43. The van der Waals surface area contributed by atoms with E-state index < -0.39 is 0 Å². The van der Waals surface area contributed by atoms with Crippen LogP contribution in [0, 0.1) is 18.4 Å². The molecule has 0 saturated carbocycles. The van der Waals surface area contributed by atoms with Crippen molar-refractivity contribution in [1.82, 2.24) is 10.3 Å². The van der Waals surface area contributed by atoms with E-state index in [1.54, 1.807) is 11.3 Å². The summed E-state index contributed by atoms with van der Waals surface area (Å²) in [6.45, 7) is 2.48. The van der Waals surface area contributed by atoms with Crippen LogP contribution in [-0.4, -0.2) is 16.4 Å². The smallest absolute Gasteiger partial charge is 0.183 e. The molecule has 0 fully saturated rings. The molecule has 1 heterocycles. The molecule has 0 atom stereocenters. The normalized spacial score (nSPS) is 11.1. The summed E-state index contributed by atoms with van der Waals surface area (Å²) in [5.74, 6) is 0. The van der Waals surface area contributed by atoms with E-state index in [-0.39, 0.29) is 0 Å². The number of aliphatic imine (C=N–C) groups is 1. The molecule has 1 aromatic rings. The summed E-state index contributed by atoms with van der Waals surface area (Å²) >= 11 is 3.00. The lowest BCUT2D eigenvalue weighted by Gasteiger charge is -1.97. The molecule has 0 saturated heterocycles. The first-order chi connectivity index (χ1) is 6.76. The number of hydrogen-bond donors (Lipinski definition) is 1. The Hall–Kier alpha value is -1.06. The van der Waals surface area contributed by atoms with E-state index in [2.05, 4.69) is 15.3 Å². The van der Waals surface area contributed by atoms with Crippen LogP contribution in [0.5, 0.6) is 0 Å². The average Bonchev–Trinajstić information content (AvgIpc) is 2.59. The zero-order valence-corrected chi connectivity index (χ0v) is 9.58. The van der Waals surface area contributed by atoms with E-state index in [1.807, 2.05) is 24.8 Å². The number of thioether (sulfide) groups is 1. The molecule has 6 heteroatoms. The topological polar surface area (TPSA) is 61.1 Å². The molecule has 0 aliphatic carbocycles. The summed E-state index contributed by atoms with van der Waals surface area (Å²) in [5.41, 5.74) is 1.01. The monoisotopic (exact) mass is 226 g/mol. The molecule has 14 heavy (non-hydrogen) atoms. The van der Waals surface area contributed by atoms with E-state index >= 15 is 0 Å². The summed E-state index contributed by atoms with van der Waals surface area (Å²) in [5, 5.41) is 14.5. The summed E-state index contributed by atoms with van der Waals surface area (Å²) in [6.07, 6.45) is 3.71. The van der Waals surface area contributed by atoms with Gasteiger partial charge in [0.05, 0.1) is 6.54 Å². The molecular formula is C8H10N4S2. The van der Waals surface area contributed by atoms with Crippen LogP contribution in [0.1, 0.15) is 10.7 Å². The number of aromatic nitrogens is 1. The van der Waals surface area contributed by atoms with Gasteiger partial charge in [-0.3, -0.25) is 10.3 Å². The molecule has 0 aliphatic rings. The Morgan fingerprint density at radius 1 is 1.86 bits per heavy atom. The van der Waals surface area contributed by atoms with Gasteiger partial charge in [-0.15, -0.1) is 11.3 Å². The second-order valence-electron chi connectivity index (χ2n) is 2.44. The maximum atomic E-state index is 8.40. The van der Waals surface area contributed by atoms with Crippen LogP contribution in [-0.2, 0) is 6.54 Å². The highest BCUT2D eigenvalue weighted by Gasteiger charge is 1.98. The van der Waals surface area contributed by atoms with Gasteiger partial charge in [-0.2, -0.15) is 5.26 Å². The minimum atomic E-state index is 0.531. The number of aryl methyl sites for hydroxylation is 1. The predicted molar refractivity (Wildman–Crippen MR) is 60.3 cm³/mol. The van der Waals surface area contributed by atoms with Crippen molar-refractivity contribution < 1.29 is 0 Å². The van der Waals surface area contributed by atoms with Crippen LogP contribution in [0.2, 0.25) is 0 Å². The first kappa shape index (κ1) is 11.0. The number of nitriles is 1. The molecule has 0 radical (unpaired) electrons. The van der Waals surface area contributed by atoms with Crippen LogP contribution in [0.25, 0.3) is 0 Å². The maximum Gasteiger partial charge on any atom is 0.183 e. The first-order valence-electron chi connectivity index (χ1n) is 3.91. The third kappa shape index (κ3) is 3.36. The third-order valence-corrected chi connectivity index (χ3v) is 2.95. The number of thiazole rings is 1. The van der Waals surface area contributed by atoms with Crippen LogP contribution in [0.3, 0.4) is 0 Å². The molecule has 0 bridgehead atoms. The molecule has 4 nitrogen and oxygen atoms in total. The quantitative estimate of drug-likeness (QED) is 0.361. The van der Waals surface area contributed by atoms with Gasteiger partial charge in [0.15, 0.2) is 11.4 Å². The first-order valence-corrected chi connectivity index (χ1v) is 6.01. The zero-order chi connectivity index (χ0) is 10.4. The van der Waals surface area contributed by atoms with Crippen LogP contribution in [0.15, 0.2) is 10.4 Å². The SMILES string of the molecule is CSC(=NCc1nc(C)cs1)NC#N. The Balaban J connectivity index is 2.57. The van der Waals surface area contributed by atoms with Gasteiger partial charge in [-0.1, -0.05) is 11.8 Å². The van der Waals surface area contributed by atoms with E-state index in [0.29, 0.717) is 11.7 Å². The largest absolute Gasteiger partial charge is 0.272 e. The molecule has 0 amide bonds. The molecule has 1 N–H and O–H groups in total. The van der Waals surface area contributed by atoms with Gasteiger partial charge >= 0.3 is 0 Å². The van der Waals surface area contributed by atoms with E-state index in [9.17, 15) is 0 Å². The second-order valence-corrected chi connectivity index (χ2v) is 4.18. The standard InChI is InChI=1S/C8H10N4S2/c1-6-4-14-7(12-6)3-10-8(13-2)11-5-9/h4H,3H2,1-2H3,(H,10,11). The molecule has 0 unspecified atom stereocenters. The maximum absolute atomic E-state index is 8.40. The van der Waals surface area contributed by atoms with Crippen molar-refractivity contribution in [3.8, 4) is 6.19 Å². The number of nitrogens with one attached hydrogen (secondary N) is 1. The molecule has 0 aromatic carbocycles. The highest BCUT2D eigenvalue weighted by Crippen LogP contribution is 2.10. The minimum Gasteiger partial charge on any atom is -0.272 e. The van der Waals surface area contributed by atoms with Crippen LogP contribution in [0.4, 0.5) is 0 Å². The lowest BCUT2D eigenvalue weighted by Crippen LogP contribution is -2.13. The lowest BCUT2D eigenvalue weighted by atomic mass is 10.6. The van der Waals surface area contributed by atoms with Gasteiger partial charge < -0.3 is 0 Å². The summed E-state index contributed by atoms with van der Waals surface area (Å²) in [4.78, 5) is 8.48. The number of rotatable bonds is 2. The molecule has 1 aromatic heterocycles. The number of nitrogens with zero attached hydrogens (tertiary/aromatic N) is 3. The van der Waals surface area contributed by atoms with Gasteiger partial charge in [0.1, 0.15) is 5.01 Å². The highest BCUT2D eigenvalue weighted by atomic mass is 32.2. The number of amidine groups is 1. The van der Waals surface area contributed by atoms with E-state index in [4.69, 9.17) is 5.26 Å². The van der Waals surface area contributed by atoms with Gasteiger partial charge in [-0.25, -0.2) is 4.98 Å². The van der Waals surface area contributed by atoms with Gasteiger partial charge in [-0.05, 0) is 13.2 Å². The van der Waals surface area contributed by atoms with Gasteiger partial charge in [0, 0.05) is 11.1 Å². The summed E-state index contributed by atoms with van der Waals surface area (Å²) < 4.78 is 0. The Bertz CT molecular complexity index is 364. The van der Waals surface area contributed by atoms with Crippen molar-refractivity contribution in [2.45, 2.75) is 13.5 Å². The fraction of sp³-hybridized carbons (Fsp3) is 0.375. The Labute approximate surface area is 91.1 Å². The molecule has 74 valence electrons. The summed E-state index contributed by atoms with van der Waals surface area (Å²) in [7, 11) is 0. The average molecular weight is 226 g/mol. The van der Waals surface area contributed by atoms with Gasteiger partial charge in [0.25, 0.3) is 0 Å². The Morgan fingerprint density at radius 2 is 2.64 bits per heavy atom. The zero-order valence-electron chi connectivity index (χ0n) is 7.94. The lowest BCUT2D eigenvalue weighted by molar-refractivity contribution is 1.01. The molecular weight excluding hydrogens is 216 g/mol. The van der Waals surface area contributed by atoms with Crippen molar-refractivity contribution in [3.63, 3.8) is 0 Å². The van der Waals surface area contributed by atoms with Crippen LogP contribution >= 0.6 is 23.1 Å². The van der Waals surface area contributed by atoms with E-state index in [0.717, 1.165) is 10.7 Å². The van der Waals surface area contributed by atoms with Crippen molar-refractivity contribution in [2.75, 3.05) is 6.26 Å². The van der Waals surface area contributed by atoms with Crippen molar-refractivity contribution in [1.29, 1.82) is 5.26 Å². The fourth-order valence-corrected chi connectivity index (χ4v) is 1.85. The second kappa shape index (κ2) is 5.62. The van der Waals surface area contributed by atoms with Crippen molar-refractivity contribution in [3.05, 3.63) is 16.1 Å². The molecule has 0 spiro atoms. The fourth-order valence-electron chi connectivity index (χ4n) is 0.818. The summed E-state index contributed by atoms with van der Waals surface area (Å²) in [6, 6.07) is 0. The third-order valence-electron chi connectivity index (χ3n) is 1.38. The van der Waals surface area contributed by atoms with Crippen LogP contribution < -0.4 is 5.32 Å². The predicted octanol–water partition coefficient (Wildman–Crippen LogP) is 1.74. The van der Waals surface area contributed by atoms with Crippen molar-refractivity contribution >= 4 is 28.3 Å². The minimum absolute atomic E-state index is 0.531. The van der Waals surface area contributed by atoms with Gasteiger partial charge in [0.2, 0.25) is 0 Å². The van der Waals surface area contributed by atoms with Crippen molar-refractivity contribution in [2.24, 2.45) is 4.99 Å². The Morgan fingerprint density at radius 3 is 3.14 bits per heavy atom. The highest BCUT2D eigenvalue weighted by molar-refractivity contribution is 8.13. The number of hydrogen-bond acceptors (Lipinski definition) is 5. The molecule has 1 rings (SSSR count).